The number of benzene rings is 1. The molecule has 1 aromatic rings. The highest BCUT2D eigenvalue weighted by molar-refractivity contribution is 5.90. The summed E-state index contributed by atoms with van der Waals surface area (Å²) in [7, 11) is 1.44. The molecular formula is C14H15F3O2. The highest BCUT2D eigenvalue weighted by atomic mass is 19.4. The Balaban J connectivity index is 2.22. The summed E-state index contributed by atoms with van der Waals surface area (Å²) < 4.78 is 43.7. The molecule has 0 amide bonds. The predicted octanol–water partition coefficient (Wildman–Crippen LogP) is 3.39. The zero-order valence-electron chi connectivity index (χ0n) is 10.6. The average Bonchev–Trinajstić information content (AvgIpc) is 2.27. The zero-order valence-corrected chi connectivity index (χ0v) is 10.6. The Morgan fingerprint density at radius 1 is 1.32 bits per heavy atom. The molecule has 5 heteroatoms. The van der Waals surface area contributed by atoms with Crippen LogP contribution in [0.3, 0.4) is 0 Å². The molecule has 0 heterocycles. The van der Waals surface area contributed by atoms with Gasteiger partial charge in [-0.05, 0) is 30.9 Å². The molecule has 0 unspecified atom stereocenters. The fraction of sp³-hybridized carbons (Fsp3) is 0.500. The average molecular weight is 272 g/mol. The highest BCUT2D eigenvalue weighted by Gasteiger charge is 2.44. The van der Waals surface area contributed by atoms with E-state index in [0.29, 0.717) is 12.8 Å². The van der Waals surface area contributed by atoms with Crippen molar-refractivity contribution in [1.82, 2.24) is 0 Å². The zero-order chi connectivity index (χ0) is 14.1. The van der Waals surface area contributed by atoms with E-state index < -0.39 is 17.3 Å². The number of halogens is 3. The van der Waals surface area contributed by atoms with E-state index in [1.54, 1.807) is 0 Å². The third-order valence-electron chi connectivity index (χ3n) is 3.73. The van der Waals surface area contributed by atoms with Crippen LogP contribution in [0.1, 0.15) is 30.4 Å². The number of ether oxygens (including phenoxy) is 1. The van der Waals surface area contributed by atoms with Gasteiger partial charge in [0.25, 0.3) is 0 Å². The Morgan fingerprint density at radius 3 is 2.42 bits per heavy atom. The van der Waals surface area contributed by atoms with Crippen molar-refractivity contribution < 1.29 is 22.7 Å². The summed E-state index contributed by atoms with van der Waals surface area (Å²) in [5, 5.41) is 0. The smallest absolute Gasteiger partial charge is 0.370 e. The van der Waals surface area contributed by atoms with Crippen LogP contribution in [0.15, 0.2) is 24.3 Å². The summed E-state index contributed by atoms with van der Waals surface area (Å²) >= 11 is 0. The van der Waals surface area contributed by atoms with Crippen molar-refractivity contribution in [2.24, 2.45) is 0 Å². The summed E-state index contributed by atoms with van der Waals surface area (Å²) in [5.41, 5.74) is -1.59. The van der Waals surface area contributed by atoms with Crippen LogP contribution in [0.2, 0.25) is 0 Å². The van der Waals surface area contributed by atoms with E-state index in [2.05, 4.69) is 0 Å². The summed E-state index contributed by atoms with van der Waals surface area (Å²) in [5.74, 6) is -0.266. The molecule has 1 saturated carbocycles. The van der Waals surface area contributed by atoms with Gasteiger partial charge in [-0.1, -0.05) is 18.2 Å². The van der Waals surface area contributed by atoms with E-state index in [4.69, 9.17) is 4.74 Å². The lowest BCUT2D eigenvalue weighted by molar-refractivity contribution is -0.151. The molecule has 0 aromatic heterocycles. The lowest BCUT2D eigenvalue weighted by atomic mass is 9.75. The summed E-state index contributed by atoms with van der Waals surface area (Å²) in [6.07, 6.45) is -2.60. The Kier molecular flexibility index (Phi) is 3.67. The van der Waals surface area contributed by atoms with Crippen molar-refractivity contribution in [1.29, 1.82) is 0 Å². The topological polar surface area (TPSA) is 26.3 Å². The molecule has 1 aromatic carbocycles. The van der Waals surface area contributed by atoms with Crippen LogP contribution in [0, 0.1) is 0 Å². The van der Waals surface area contributed by atoms with Crippen LogP contribution in [0.4, 0.5) is 13.2 Å². The Bertz CT molecular complexity index is 470. The molecule has 19 heavy (non-hydrogen) atoms. The maximum absolute atomic E-state index is 12.8. The number of carbonyl (C=O) groups is 1. The molecule has 0 aliphatic heterocycles. The van der Waals surface area contributed by atoms with Gasteiger partial charge in [-0.15, -0.1) is 0 Å². The summed E-state index contributed by atoms with van der Waals surface area (Å²) in [4.78, 5) is 12.1. The van der Waals surface area contributed by atoms with Gasteiger partial charge in [0.1, 0.15) is 5.60 Å². The Hall–Kier alpha value is -1.36. The molecular weight excluding hydrogens is 257 g/mol. The Labute approximate surface area is 109 Å². The minimum absolute atomic E-state index is 0.0170. The van der Waals surface area contributed by atoms with Crippen LogP contribution in [0.25, 0.3) is 0 Å². The van der Waals surface area contributed by atoms with Gasteiger partial charge in [0.05, 0.1) is 5.56 Å². The van der Waals surface area contributed by atoms with Gasteiger partial charge in [-0.25, -0.2) is 0 Å². The summed E-state index contributed by atoms with van der Waals surface area (Å²) in [6, 6.07) is 5.19. The van der Waals surface area contributed by atoms with Gasteiger partial charge < -0.3 is 4.74 Å². The van der Waals surface area contributed by atoms with Crippen molar-refractivity contribution in [3.8, 4) is 0 Å². The molecule has 1 aliphatic rings. The highest BCUT2D eigenvalue weighted by Crippen LogP contribution is 2.38. The van der Waals surface area contributed by atoms with Gasteiger partial charge in [0, 0.05) is 13.5 Å². The minimum Gasteiger partial charge on any atom is -0.370 e. The molecule has 0 N–H and O–H groups in total. The van der Waals surface area contributed by atoms with Crippen LogP contribution in [-0.4, -0.2) is 18.5 Å². The fourth-order valence-electron chi connectivity index (χ4n) is 2.38. The molecule has 2 rings (SSSR count). The van der Waals surface area contributed by atoms with Crippen LogP contribution >= 0.6 is 0 Å². The first-order chi connectivity index (χ1) is 8.89. The van der Waals surface area contributed by atoms with Gasteiger partial charge in [-0.2, -0.15) is 13.2 Å². The number of rotatable bonds is 4. The monoisotopic (exact) mass is 272 g/mol. The van der Waals surface area contributed by atoms with Crippen molar-refractivity contribution in [3.63, 3.8) is 0 Å². The van der Waals surface area contributed by atoms with Crippen LogP contribution in [0.5, 0.6) is 0 Å². The van der Waals surface area contributed by atoms with E-state index >= 15 is 0 Å². The Morgan fingerprint density at radius 2 is 1.95 bits per heavy atom. The maximum atomic E-state index is 12.8. The van der Waals surface area contributed by atoms with E-state index in [9.17, 15) is 18.0 Å². The van der Waals surface area contributed by atoms with Gasteiger partial charge in [0.2, 0.25) is 0 Å². The number of ketones is 1. The standard InChI is InChI=1S/C14H15F3O2/c1-19-13(7-4-8-13)12(18)9-10-5-2-3-6-11(10)14(15,16)17/h2-3,5-6H,4,7-9H2,1H3. The second kappa shape index (κ2) is 4.96. The quantitative estimate of drug-likeness (QED) is 0.839. The van der Waals surface area contributed by atoms with Crippen molar-refractivity contribution in [3.05, 3.63) is 35.4 Å². The first kappa shape index (κ1) is 14.1. The second-order valence-corrected chi connectivity index (χ2v) is 4.81. The van der Waals surface area contributed by atoms with Crippen molar-refractivity contribution in [2.75, 3.05) is 7.11 Å². The van der Waals surface area contributed by atoms with Crippen molar-refractivity contribution in [2.45, 2.75) is 37.5 Å². The van der Waals surface area contributed by atoms with Crippen molar-refractivity contribution >= 4 is 5.78 Å². The first-order valence-corrected chi connectivity index (χ1v) is 6.13. The minimum atomic E-state index is -4.43. The molecule has 104 valence electrons. The molecule has 0 saturated heterocycles. The molecule has 0 radical (unpaired) electrons. The molecule has 0 atom stereocenters. The van der Waals surface area contributed by atoms with E-state index in [1.807, 2.05) is 0 Å². The number of hydrogen-bond donors (Lipinski definition) is 0. The molecule has 2 nitrogen and oxygen atoms in total. The molecule has 0 spiro atoms. The normalized spacial score (nSPS) is 17.9. The lowest BCUT2D eigenvalue weighted by Crippen LogP contribution is -2.48. The second-order valence-electron chi connectivity index (χ2n) is 4.81. The first-order valence-electron chi connectivity index (χ1n) is 6.13. The van der Waals surface area contributed by atoms with Gasteiger partial charge >= 0.3 is 6.18 Å². The maximum Gasteiger partial charge on any atom is 0.416 e. The van der Waals surface area contributed by atoms with E-state index in [-0.39, 0.29) is 17.8 Å². The van der Waals surface area contributed by atoms with E-state index in [1.165, 1.54) is 25.3 Å². The summed E-state index contributed by atoms with van der Waals surface area (Å²) in [6.45, 7) is 0. The van der Waals surface area contributed by atoms with Gasteiger partial charge in [-0.3, -0.25) is 4.79 Å². The number of methoxy groups -OCH3 is 1. The third kappa shape index (κ3) is 2.66. The SMILES string of the molecule is COC1(C(=O)Cc2ccccc2C(F)(F)F)CCC1. The number of carbonyl (C=O) groups excluding carboxylic acids is 1. The predicted molar refractivity (Wildman–Crippen MR) is 63.7 cm³/mol. The van der Waals surface area contributed by atoms with E-state index in [0.717, 1.165) is 12.5 Å². The van der Waals surface area contributed by atoms with Gasteiger partial charge in [0.15, 0.2) is 5.78 Å². The van der Waals surface area contributed by atoms with Crippen LogP contribution in [-0.2, 0) is 22.1 Å². The number of Topliss-reactive ketones (excluding diaryl/α,β-unsaturated/α-hetero) is 1. The molecule has 1 aliphatic carbocycles. The lowest BCUT2D eigenvalue weighted by Gasteiger charge is -2.39. The largest absolute Gasteiger partial charge is 0.416 e. The third-order valence-corrected chi connectivity index (χ3v) is 3.73. The molecule has 1 fully saturated rings. The number of hydrogen-bond acceptors (Lipinski definition) is 2. The van der Waals surface area contributed by atoms with Crippen LogP contribution < -0.4 is 0 Å². The fourth-order valence-corrected chi connectivity index (χ4v) is 2.38. The number of alkyl halides is 3. The molecule has 0 bridgehead atoms.